The van der Waals surface area contributed by atoms with Crippen LogP contribution in [-0.4, -0.2) is 16.1 Å². The van der Waals surface area contributed by atoms with Crippen LogP contribution in [0.3, 0.4) is 0 Å². The van der Waals surface area contributed by atoms with E-state index in [0.29, 0.717) is 12.3 Å². The van der Waals surface area contributed by atoms with Crippen molar-refractivity contribution in [2.45, 2.75) is 6.54 Å². The molecule has 0 radical (unpaired) electrons. The van der Waals surface area contributed by atoms with Crippen LogP contribution in [0.1, 0.15) is 16.3 Å². The van der Waals surface area contributed by atoms with Gasteiger partial charge in [-0.05, 0) is 24.3 Å². The highest BCUT2D eigenvalue weighted by molar-refractivity contribution is 5.93. The fraction of sp³-hybridized carbons (Fsp3) is 0.0667. The highest BCUT2D eigenvalue weighted by Crippen LogP contribution is 2.22. The Morgan fingerprint density at radius 1 is 1.25 bits per heavy atom. The molecular formula is C15H12N2O3. The van der Waals surface area contributed by atoms with E-state index in [0.717, 1.165) is 16.5 Å². The average molecular weight is 268 g/mol. The predicted molar refractivity (Wildman–Crippen MR) is 74.7 cm³/mol. The number of furan rings is 1. The number of pyridine rings is 1. The van der Waals surface area contributed by atoms with Gasteiger partial charge in [0.05, 0.1) is 6.54 Å². The molecule has 3 rings (SSSR count). The number of nitrogens with zero attached hydrogens (tertiary/aromatic N) is 1. The minimum atomic E-state index is -1.06. The van der Waals surface area contributed by atoms with Gasteiger partial charge in [0.25, 0.3) is 0 Å². The van der Waals surface area contributed by atoms with Crippen LogP contribution in [0.15, 0.2) is 53.2 Å². The van der Waals surface area contributed by atoms with Crippen molar-refractivity contribution in [1.82, 2.24) is 4.98 Å². The summed E-state index contributed by atoms with van der Waals surface area (Å²) in [6, 6.07) is 10.9. The first kappa shape index (κ1) is 12.2. The second-order valence-electron chi connectivity index (χ2n) is 4.33. The Hall–Kier alpha value is -2.82. The van der Waals surface area contributed by atoms with E-state index in [-0.39, 0.29) is 5.76 Å². The third kappa shape index (κ3) is 2.33. The van der Waals surface area contributed by atoms with Gasteiger partial charge in [-0.3, -0.25) is 4.98 Å². The Bertz CT molecular complexity index is 759. The van der Waals surface area contributed by atoms with E-state index < -0.39 is 5.97 Å². The normalized spacial score (nSPS) is 10.6. The minimum absolute atomic E-state index is 0.0519. The lowest BCUT2D eigenvalue weighted by Gasteiger charge is -2.08. The largest absolute Gasteiger partial charge is 0.475 e. The standard InChI is InChI=1S/C15H12N2O3/c18-15(19)14-5-4-11(20-14)9-17-13-3-1-2-10-8-16-7-6-12(10)13/h1-8,17H,9H2,(H,18,19). The van der Waals surface area contributed by atoms with Crippen molar-refractivity contribution in [2.24, 2.45) is 0 Å². The van der Waals surface area contributed by atoms with Gasteiger partial charge in [-0.1, -0.05) is 12.1 Å². The summed E-state index contributed by atoms with van der Waals surface area (Å²) < 4.78 is 5.20. The summed E-state index contributed by atoms with van der Waals surface area (Å²) in [5.41, 5.74) is 0.957. The SMILES string of the molecule is O=C(O)c1ccc(CNc2cccc3cnccc23)o1. The van der Waals surface area contributed by atoms with Crippen molar-refractivity contribution < 1.29 is 14.3 Å². The number of carboxylic acid groups (broad SMARTS) is 1. The molecule has 5 nitrogen and oxygen atoms in total. The molecule has 0 spiro atoms. The van der Waals surface area contributed by atoms with Crippen LogP contribution in [0, 0.1) is 0 Å². The highest BCUT2D eigenvalue weighted by Gasteiger charge is 2.09. The molecule has 0 aliphatic carbocycles. The lowest BCUT2D eigenvalue weighted by Crippen LogP contribution is -1.99. The first-order valence-electron chi connectivity index (χ1n) is 6.12. The summed E-state index contributed by atoms with van der Waals surface area (Å²) in [6.45, 7) is 0.425. The molecule has 2 N–H and O–H groups in total. The Morgan fingerprint density at radius 2 is 2.15 bits per heavy atom. The van der Waals surface area contributed by atoms with Crippen molar-refractivity contribution in [3.05, 3.63) is 60.3 Å². The zero-order chi connectivity index (χ0) is 13.9. The zero-order valence-corrected chi connectivity index (χ0v) is 10.5. The van der Waals surface area contributed by atoms with Crippen LogP contribution in [0.4, 0.5) is 5.69 Å². The molecule has 0 aliphatic heterocycles. The molecule has 2 heterocycles. The molecule has 0 saturated carbocycles. The number of aromatic nitrogens is 1. The summed E-state index contributed by atoms with van der Waals surface area (Å²) in [5.74, 6) is -0.537. The molecule has 20 heavy (non-hydrogen) atoms. The molecule has 0 atom stereocenters. The van der Waals surface area contributed by atoms with Crippen molar-refractivity contribution in [1.29, 1.82) is 0 Å². The minimum Gasteiger partial charge on any atom is -0.475 e. The van der Waals surface area contributed by atoms with Gasteiger partial charge < -0.3 is 14.8 Å². The van der Waals surface area contributed by atoms with E-state index in [9.17, 15) is 4.79 Å². The van der Waals surface area contributed by atoms with Gasteiger partial charge in [-0.25, -0.2) is 4.79 Å². The van der Waals surface area contributed by atoms with Gasteiger partial charge in [-0.2, -0.15) is 0 Å². The summed E-state index contributed by atoms with van der Waals surface area (Å²) >= 11 is 0. The van der Waals surface area contributed by atoms with Gasteiger partial charge in [-0.15, -0.1) is 0 Å². The fourth-order valence-electron chi connectivity index (χ4n) is 2.05. The Balaban J connectivity index is 1.81. The van der Waals surface area contributed by atoms with Gasteiger partial charge in [0.2, 0.25) is 5.76 Å². The van der Waals surface area contributed by atoms with Gasteiger partial charge in [0.15, 0.2) is 0 Å². The number of nitrogens with one attached hydrogen (secondary N) is 1. The lowest BCUT2D eigenvalue weighted by molar-refractivity contribution is 0.0660. The number of carboxylic acids is 1. The van der Waals surface area contributed by atoms with Crippen molar-refractivity contribution in [3.8, 4) is 0 Å². The van der Waals surface area contributed by atoms with E-state index in [1.54, 1.807) is 18.5 Å². The third-order valence-corrected chi connectivity index (χ3v) is 3.01. The van der Waals surface area contributed by atoms with Gasteiger partial charge in [0, 0.05) is 28.9 Å². The molecule has 0 bridgehead atoms. The van der Waals surface area contributed by atoms with E-state index in [1.807, 2.05) is 24.3 Å². The first-order chi connectivity index (χ1) is 9.74. The number of carbonyl (C=O) groups is 1. The predicted octanol–water partition coefficient (Wildman–Crippen LogP) is 3.14. The summed E-state index contributed by atoms with van der Waals surface area (Å²) in [5, 5.41) is 14.2. The zero-order valence-electron chi connectivity index (χ0n) is 10.5. The van der Waals surface area contributed by atoms with Gasteiger partial charge in [0.1, 0.15) is 5.76 Å². The Labute approximate surface area is 114 Å². The first-order valence-corrected chi connectivity index (χ1v) is 6.12. The molecule has 2 aromatic heterocycles. The Kier molecular flexibility index (Phi) is 3.09. The van der Waals surface area contributed by atoms with Gasteiger partial charge >= 0.3 is 5.97 Å². The second-order valence-corrected chi connectivity index (χ2v) is 4.33. The molecule has 0 fully saturated rings. The second kappa shape index (κ2) is 5.05. The molecule has 0 amide bonds. The number of hydrogen-bond donors (Lipinski definition) is 2. The maximum atomic E-state index is 10.7. The molecular weight excluding hydrogens is 256 g/mol. The fourth-order valence-corrected chi connectivity index (χ4v) is 2.05. The maximum absolute atomic E-state index is 10.7. The molecule has 1 aromatic carbocycles. The van der Waals surface area contributed by atoms with Crippen molar-refractivity contribution in [3.63, 3.8) is 0 Å². The van der Waals surface area contributed by atoms with Crippen LogP contribution in [0.2, 0.25) is 0 Å². The highest BCUT2D eigenvalue weighted by atomic mass is 16.4. The van der Waals surface area contributed by atoms with E-state index >= 15 is 0 Å². The number of aromatic carboxylic acids is 1. The third-order valence-electron chi connectivity index (χ3n) is 3.01. The van der Waals surface area contributed by atoms with Crippen LogP contribution in [-0.2, 0) is 6.54 Å². The van der Waals surface area contributed by atoms with Crippen LogP contribution in [0.25, 0.3) is 10.8 Å². The van der Waals surface area contributed by atoms with Crippen molar-refractivity contribution in [2.75, 3.05) is 5.32 Å². The number of rotatable bonds is 4. The van der Waals surface area contributed by atoms with Crippen LogP contribution in [0.5, 0.6) is 0 Å². The molecule has 3 aromatic rings. The molecule has 0 unspecified atom stereocenters. The maximum Gasteiger partial charge on any atom is 0.371 e. The van der Waals surface area contributed by atoms with Crippen LogP contribution >= 0.6 is 0 Å². The summed E-state index contributed by atoms with van der Waals surface area (Å²) in [4.78, 5) is 14.8. The van der Waals surface area contributed by atoms with E-state index in [1.165, 1.54) is 6.07 Å². The van der Waals surface area contributed by atoms with E-state index in [4.69, 9.17) is 9.52 Å². The smallest absolute Gasteiger partial charge is 0.371 e. The molecule has 0 saturated heterocycles. The lowest BCUT2D eigenvalue weighted by atomic mass is 10.1. The monoisotopic (exact) mass is 268 g/mol. The number of hydrogen-bond acceptors (Lipinski definition) is 4. The number of fused-ring (bicyclic) bond motifs is 1. The van der Waals surface area contributed by atoms with E-state index in [2.05, 4.69) is 10.3 Å². The molecule has 5 heteroatoms. The quantitative estimate of drug-likeness (QED) is 0.760. The number of anilines is 1. The van der Waals surface area contributed by atoms with Crippen molar-refractivity contribution >= 4 is 22.4 Å². The summed E-state index contributed by atoms with van der Waals surface area (Å²) in [7, 11) is 0. The number of benzene rings is 1. The average Bonchev–Trinajstić information content (AvgIpc) is 2.94. The topological polar surface area (TPSA) is 75.4 Å². The summed E-state index contributed by atoms with van der Waals surface area (Å²) in [6.07, 6.45) is 3.54. The van der Waals surface area contributed by atoms with Crippen LogP contribution < -0.4 is 5.32 Å². The Morgan fingerprint density at radius 3 is 2.95 bits per heavy atom. The molecule has 100 valence electrons. The molecule has 0 aliphatic rings.